The van der Waals surface area contributed by atoms with E-state index in [1.54, 1.807) is 12.0 Å². The van der Waals surface area contributed by atoms with Gasteiger partial charge < -0.3 is 9.47 Å². The second kappa shape index (κ2) is 4.28. The van der Waals surface area contributed by atoms with E-state index in [0.29, 0.717) is 18.3 Å². The van der Waals surface area contributed by atoms with E-state index in [-0.39, 0.29) is 12.1 Å². The number of ether oxygens (including phenoxy) is 2. The smallest absolute Gasteiger partial charge is 0.229 e. The van der Waals surface area contributed by atoms with Crippen molar-refractivity contribution >= 4 is 11.6 Å². The van der Waals surface area contributed by atoms with Crippen molar-refractivity contribution in [2.75, 3.05) is 18.6 Å². The number of carbonyl (C=O) groups is 1. The van der Waals surface area contributed by atoms with Crippen molar-refractivity contribution < 1.29 is 14.3 Å². The summed E-state index contributed by atoms with van der Waals surface area (Å²) in [6.45, 7) is 2.89. The molecule has 2 fully saturated rings. The van der Waals surface area contributed by atoms with Gasteiger partial charge in [-0.05, 0) is 30.2 Å². The van der Waals surface area contributed by atoms with Crippen LogP contribution in [0, 0.1) is 11.8 Å². The van der Waals surface area contributed by atoms with Crippen molar-refractivity contribution in [2.24, 2.45) is 11.8 Å². The minimum atomic E-state index is -0.0825. The van der Waals surface area contributed by atoms with Crippen LogP contribution < -0.4 is 9.64 Å². The standard InChI is InChI=1S/C14H17NO3/c1-9-8-18-14-12(9)7-13(16)15(14)10-3-5-11(17-2)6-4-10/h3-6,9,12,14H,7-8H2,1-2H3/t9-,12-,14+/m0/s1. The van der Waals surface area contributed by atoms with Gasteiger partial charge in [-0.3, -0.25) is 9.69 Å². The fourth-order valence-corrected chi connectivity index (χ4v) is 2.82. The van der Waals surface area contributed by atoms with Crippen molar-refractivity contribution in [3.63, 3.8) is 0 Å². The Labute approximate surface area is 106 Å². The van der Waals surface area contributed by atoms with Gasteiger partial charge in [-0.25, -0.2) is 0 Å². The molecule has 1 amide bonds. The van der Waals surface area contributed by atoms with Crippen LogP contribution in [0.25, 0.3) is 0 Å². The van der Waals surface area contributed by atoms with Crippen LogP contribution in [0.3, 0.4) is 0 Å². The third-order valence-corrected chi connectivity index (χ3v) is 3.91. The molecule has 0 bridgehead atoms. The van der Waals surface area contributed by atoms with E-state index in [4.69, 9.17) is 9.47 Å². The molecule has 2 heterocycles. The number of benzene rings is 1. The monoisotopic (exact) mass is 247 g/mol. The van der Waals surface area contributed by atoms with E-state index < -0.39 is 0 Å². The second-order valence-electron chi connectivity index (χ2n) is 5.03. The zero-order valence-corrected chi connectivity index (χ0v) is 10.6. The predicted molar refractivity (Wildman–Crippen MR) is 67.5 cm³/mol. The van der Waals surface area contributed by atoms with Crippen LogP contribution in [0.2, 0.25) is 0 Å². The van der Waals surface area contributed by atoms with Gasteiger partial charge in [0.15, 0.2) is 0 Å². The summed E-state index contributed by atoms with van der Waals surface area (Å²) in [5.41, 5.74) is 0.891. The highest BCUT2D eigenvalue weighted by atomic mass is 16.5. The molecule has 2 saturated heterocycles. The second-order valence-corrected chi connectivity index (χ2v) is 5.03. The quantitative estimate of drug-likeness (QED) is 0.802. The third kappa shape index (κ3) is 1.68. The van der Waals surface area contributed by atoms with Crippen LogP contribution in [0.1, 0.15) is 13.3 Å². The lowest BCUT2D eigenvalue weighted by Crippen LogP contribution is -2.34. The summed E-state index contributed by atoms with van der Waals surface area (Å²) in [6, 6.07) is 7.56. The van der Waals surface area contributed by atoms with E-state index >= 15 is 0 Å². The number of hydrogen-bond donors (Lipinski definition) is 0. The first-order valence-corrected chi connectivity index (χ1v) is 6.28. The summed E-state index contributed by atoms with van der Waals surface area (Å²) >= 11 is 0. The normalized spacial score (nSPS) is 30.7. The molecule has 3 atom stereocenters. The van der Waals surface area contributed by atoms with Crippen LogP contribution in [0.15, 0.2) is 24.3 Å². The summed E-state index contributed by atoms with van der Waals surface area (Å²) in [7, 11) is 1.63. The summed E-state index contributed by atoms with van der Waals surface area (Å²) in [5, 5.41) is 0. The van der Waals surface area contributed by atoms with Gasteiger partial charge in [0.2, 0.25) is 5.91 Å². The minimum absolute atomic E-state index is 0.0825. The molecule has 4 heteroatoms. The number of carbonyl (C=O) groups excluding carboxylic acids is 1. The molecule has 96 valence electrons. The molecule has 0 saturated carbocycles. The Kier molecular flexibility index (Phi) is 2.74. The summed E-state index contributed by atoms with van der Waals surface area (Å²) in [5.74, 6) is 1.74. The zero-order chi connectivity index (χ0) is 12.7. The fourth-order valence-electron chi connectivity index (χ4n) is 2.82. The predicted octanol–water partition coefficient (Wildman–Crippen LogP) is 2.04. The molecular weight excluding hydrogens is 230 g/mol. The van der Waals surface area contributed by atoms with E-state index in [0.717, 1.165) is 18.0 Å². The highest BCUT2D eigenvalue weighted by Gasteiger charge is 2.47. The molecule has 0 radical (unpaired) electrons. The number of hydrogen-bond acceptors (Lipinski definition) is 3. The number of anilines is 1. The average Bonchev–Trinajstić information content (AvgIpc) is 2.89. The largest absolute Gasteiger partial charge is 0.497 e. The topological polar surface area (TPSA) is 38.8 Å². The molecule has 0 aliphatic carbocycles. The Morgan fingerprint density at radius 2 is 2.06 bits per heavy atom. The molecule has 0 unspecified atom stereocenters. The minimum Gasteiger partial charge on any atom is -0.497 e. The van der Waals surface area contributed by atoms with Crippen LogP contribution in [-0.2, 0) is 9.53 Å². The van der Waals surface area contributed by atoms with Crippen LogP contribution in [0.4, 0.5) is 5.69 Å². The van der Waals surface area contributed by atoms with Gasteiger partial charge in [0, 0.05) is 18.0 Å². The van der Waals surface area contributed by atoms with Gasteiger partial charge in [-0.2, -0.15) is 0 Å². The lowest BCUT2D eigenvalue weighted by atomic mass is 9.95. The highest BCUT2D eigenvalue weighted by Crippen LogP contribution is 2.40. The summed E-state index contributed by atoms with van der Waals surface area (Å²) in [6.07, 6.45) is 0.513. The molecule has 0 spiro atoms. The van der Waals surface area contributed by atoms with E-state index in [1.807, 2.05) is 24.3 Å². The Morgan fingerprint density at radius 3 is 2.72 bits per heavy atom. The lowest BCUT2D eigenvalue weighted by Gasteiger charge is -2.23. The van der Waals surface area contributed by atoms with Crippen molar-refractivity contribution in [1.82, 2.24) is 0 Å². The average molecular weight is 247 g/mol. The van der Waals surface area contributed by atoms with Gasteiger partial charge in [-0.1, -0.05) is 6.92 Å². The first kappa shape index (κ1) is 11.5. The van der Waals surface area contributed by atoms with Gasteiger partial charge in [0.25, 0.3) is 0 Å². The molecule has 0 N–H and O–H groups in total. The van der Waals surface area contributed by atoms with Gasteiger partial charge >= 0.3 is 0 Å². The zero-order valence-electron chi connectivity index (χ0n) is 10.6. The molecule has 1 aromatic carbocycles. The van der Waals surface area contributed by atoms with E-state index in [9.17, 15) is 4.79 Å². The molecule has 1 aromatic rings. The van der Waals surface area contributed by atoms with E-state index in [2.05, 4.69) is 6.92 Å². The molecule has 0 aromatic heterocycles. The number of rotatable bonds is 2. The lowest BCUT2D eigenvalue weighted by molar-refractivity contribution is -0.118. The number of methoxy groups -OCH3 is 1. The maximum Gasteiger partial charge on any atom is 0.229 e. The summed E-state index contributed by atoms with van der Waals surface area (Å²) in [4.78, 5) is 13.9. The highest BCUT2D eigenvalue weighted by molar-refractivity contribution is 5.96. The fraction of sp³-hybridized carbons (Fsp3) is 0.500. The van der Waals surface area contributed by atoms with Gasteiger partial charge in [0.05, 0.1) is 13.7 Å². The Balaban J connectivity index is 1.88. The Hall–Kier alpha value is -1.55. The molecule has 18 heavy (non-hydrogen) atoms. The van der Waals surface area contributed by atoms with Crippen molar-refractivity contribution in [2.45, 2.75) is 19.6 Å². The molecule has 3 rings (SSSR count). The maximum absolute atomic E-state index is 12.1. The molecule has 2 aliphatic rings. The van der Waals surface area contributed by atoms with Crippen molar-refractivity contribution in [1.29, 1.82) is 0 Å². The molecule has 4 nitrogen and oxygen atoms in total. The Bertz CT molecular complexity index is 457. The van der Waals surface area contributed by atoms with E-state index in [1.165, 1.54) is 0 Å². The molecular formula is C14H17NO3. The van der Waals surface area contributed by atoms with Crippen LogP contribution in [0.5, 0.6) is 5.75 Å². The Morgan fingerprint density at radius 1 is 1.33 bits per heavy atom. The SMILES string of the molecule is COc1ccc(N2C(=O)C[C@@H]3[C@H]2OC[C@@H]3C)cc1. The van der Waals surface area contributed by atoms with Crippen molar-refractivity contribution in [3.8, 4) is 5.75 Å². The third-order valence-electron chi connectivity index (χ3n) is 3.91. The number of amides is 1. The molecule has 2 aliphatic heterocycles. The van der Waals surface area contributed by atoms with Crippen LogP contribution in [-0.4, -0.2) is 25.9 Å². The number of fused-ring (bicyclic) bond motifs is 1. The summed E-state index contributed by atoms with van der Waals surface area (Å²) < 4.78 is 10.9. The van der Waals surface area contributed by atoms with Crippen LogP contribution >= 0.6 is 0 Å². The maximum atomic E-state index is 12.1. The first-order valence-electron chi connectivity index (χ1n) is 6.28. The first-order chi connectivity index (χ1) is 8.70. The van der Waals surface area contributed by atoms with Crippen molar-refractivity contribution in [3.05, 3.63) is 24.3 Å². The number of nitrogens with zero attached hydrogens (tertiary/aromatic N) is 1. The van der Waals surface area contributed by atoms with Gasteiger partial charge in [-0.15, -0.1) is 0 Å². The van der Waals surface area contributed by atoms with Gasteiger partial charge in [0.1, 0.15) is 12.0 Å².